The lowest BCUT2D eigenvalue weighted by Crippen LogP contribution is -2.57. The molecule has 7 rings (SSSR count). The van der Waals surface area contributed by atoms with E-state index in [1.54, 1.807) is 6.07 Å². The maximum atomic E-state index is 14.6. The number of carbonyl (C=O) groups excluding carboxylic acids is 1. The average Bonchev–Trinajstić information content (AvgIpc) is 3.51. The van der Waals surface area contributed by atoms with Crippen molar-refractivity contribution in [2.24, 2.45) is 0 Å². The zero-order valence-electron chi connectivity index (χ0n) is 26.3. The van der Waals surface area contributed by atoms with Crippen LogP contribution in [0.15, 0.2) is 42.7 Å². The smallest absolute Gasteiger partial charge is 0.318 e. The normalized spacial score (nSPS) is 21.8. The third-order valence-corrected chi connectivity index (χ3v) is 10.6. The molecule has 0 unspecified atom stereocenters. The van der Waals surface area contributed by atoms with E-state index in [1.165, 1.54) is 30.2 Å². The first-order valence-electron chi connectivity index (χ1n) is 16.5. The monoisotopic (exact) mass is 661 g/mol. The summed E-state index contributed by atoms with van der Waals surface area (Å²) in [6.45, 7) is 14.3. The van der Waals surface area contributed by atoms with E-state index in [1.807, 2.05) is 18.2 Å². The number of hydrogen-bond acceptors (Lipinski definition) is 7. The molecular weight excluding hydrogens is 624 g/mol. The molecule has 0 spiro atoms. The maximum absolute atomic E-state index is 14.6. The summed E-state index contributed by atoms with van der Waals surface area (Å²) in [6.07, 6.45) is 6.60. The molecule has 0 N–H and O–H groups in total. The van der Waals surface area contributed by atoms with Crippen LogP contribution in [0.5, 0.6) is 6.01 Å². The van der Waals surface area contributed by atoms with Gasteiger partial charge in [0.25, 0.3) is 5.91 Å². The molecule has 1 amide bonds. The van der Waals surface area contributed by atoms with Gasteiger partial charge >= 0.3 is 6.01 Å². The first-order chi connectivity index (χ1) is 22.8. The van der Waals surface area contributed by atoms with Crippen molar-refractivity contribution in [3.63, 3.8) is 0 Å². The van der Waals surface area contributed by atoms with E-state index in [0.29, 0.717) is 62.7 Å². The minimum absolute atomic E-state index is 0.0387. The van der Waals surface area contributed by atoms with Gasteiger partial charge in [-0.05, 0) is 56.2 Å². The number of piperazine rings is 1. The van der Waals surface area contributed by atoms with Gasteiger partial charge in [-0.3, -0.25) is 9.69 Å². The van der Waals surface area contributed by atoms with Gasteiger partial charge in [0.15, 0.2) is 5.83 Å². The van der Waals surface area contributed by atoms with Crippen LogP contribution in [0.4, 0.5) is 20.3 Å². The predicted molar refractivity (Wildman–Crippen MR) is 178 cm³/mol. The first-order valence-corrected chi connectivity index (χ1v) is 16.8. The number of anilines is 2. The second-order valence-corrected chi connectivity index (χ2v) is 13.3. The van der Waals surface area contributed by atoms with Gasteiger partial charge in [-0.1, -0.05) is 42.8 Å². The first kappa shape index (κ1) is 31.6. The van der Waals surface area contributed by atoms with E-state index >= 15 is 0 Å². The molecule has 3 fully saturated rings. The summed E-state index contributed by atoms with van der Waals surface area (Å²) in [5, 5.41) is 1.62. The molecule has 0 radical (unpaired) electrons. The lowest BCUT2D eigenvalue weighted by atomic mass is 9.91. The Morgan fingerprint density at radius 3 is 2.68 bits per heavy atom. The SMILES string of the molecule is [C-]#[N+]C[C@H]1CN(c2nc(OC[C@@H]3CCCN3C3CCC3)nc3c2CCN(c2cccc4ccc(F)c(Cl)c24)C3)CCN1C(=O)C(=C)F. The fraction of sp³-hybridized carbons (Fsp3) is 0.486. The number of rotatable bonds is 8. The quantitative estimate of drug-likeness (QED) is 0.223. The van der Waals surface area contributed by atoms with Crippen LogP contribution in [0, 0.1) is 12.4 Å². The van der Waals surface area contributed by atoms with Gasteiger partial charge in [0.2, 0.25) is 6.54 Å². The summed E-state index contributed by atoms with van der Waals surface area (Å²) in [5.41, 5.74) is 2.61. The van der Waals surface area contributed by atoms with Crippen LogP contribution in [0.1, 0.15) is 43.4 Å². The number of aromatic nitrogens is 2. The fourth-order valence-corrected chi connectivity index (χ4v) is 7.88. The van der Waals surface area contributed by atoms with E-state index in [-0.39, 0.29) is 18.1 Å². The summed E-state index contributed by atoms with van der Waals surface area (Å²) in [7, 11) is 0. The average molecular weight is 662 g/mol. The second-order valence-electron chi connectivity index (χ2n) is 12.9. The van der Waals surface area contributed by atoms with Crippen molar-refractivity contribution in [1.82, 2.24) is 19.8 Å². The summed E-state index contributed by atoms with van der Waals surface area (Å²) in [4.78, 5) is 34.3. The molecular formula is C35H38ClF2N7O2. The van der Waals surface area contributed by atoms with Crippen LogP contribution in [-0.4, -0.2) is 89.7 Å². The molecule has 1 aliphatic carbocycles. The third kappa shape index (κ3) is 6.09. The van der Waals surface area contributed by atoms with Crippen molar-refractivity contribution in [1.29, 1.82) is 0 Å². The van der Waals surface area contributed by atoms with Crippen LogP contribution in [-0.2, 0) is 17.8 Å². The topological polar surface area (TPSA) is 69.4 Å². The van der Waals surface area contributed by atoms with Crippen LogP contribution in [0.2, 0.25) is 5.02 Å². The van der Waals surface area contributed by atoms with Crippen molar-refractivity contribution in [3.8, 4) is 6.01 Å². The van der Waals surface area contributed by atoms with Gasteiger partial charge < -0.3 is 24.3 Å². The van der Waals surface area contributed by atoms with Crippen molar-refractivity contribution < 1.29 is 18.3 Å². The van der Waals surface area contributed by atoms with Crippen LogP contribution in [0.25, 0.3) is 15.6 Å². The van der Waals surface area contributed by atoms with Gasteiger partial charge in [0.1, 0.15) is 24.3 Å². The molecule has 0 bridgehead atoms. The lowest BCUT2D eigenvalue weighted by molar-refractivity contribution is -0.131. The van der Waals surface area contributed by atoms with E-state index in [4.69, 9.17) is 32.9 Å². The Morgan fingerprint density at radius 1 is 1.06 bits per heavy atom. The maximum Gasteiger partial charge on any atom is 0.318 e. The largest absolute Gasteiger partial charge is 0.462 e. The predicted octanol–water partition coefficient (Wildman–Crippen LogP) is 5.80. The number of hydrogen-bond donors (Lipinski definition) is 0. The zero-order chi connectivity index (χ0) is 32.7. The number of likely N-dealkylation sites (tertiary alicyclic amines) is 1. The second kappa shape index (κ2) is 13.2. The van der Waals surface area contributed by atoms with Crippen molar-refractivity contribution >= 4 is 39.8 Å². The minimum Gasteiger partial charge on any atom is -0.462 e. The Labute approximate surface area is 278 Å². The molecule has 1 saturated carbocycles. The van der Waals surface area contributed by atoms with Gasteiger partial charge in [-0.25, -0.2) is 15.4 Å². The number of halogens is 3. The van der Waals surface area contributed by atoms with Crippen LogP contribution >= 0.6 is 11.6 Å². The highest BCUT2D eigenvalue weighted by Gasteiger charge is 2.37. The number of ether oxygens (including phenoxy) is 1. The van der Waals surface area contributed by atoms with E-state index in [2.05, 4.69) is 26.1 Å². The Kier molecular flexibility index (Phi) is 8.90. The standard InChI is InChI=1S/C35H38ClF2N7O2/c1-22(37)34(46)45-17-16-43(19-26(45)18-39-2)33-27-13-15-42(30-10-3-6-23-11-12-28(38)32(36)31(23)30)20-29(27)40-35(41-33)47-21-25-9-5-14-44(25)24-7-4-8-24/h3,6,10-12,24-26H,1,4-5,7-9,13-21H2/t25-,26-/m0/s1. The number of amides is 1. The van der Waals surface area contributed by atoms with Crippen molar-refractivity contribution in [2.45, 2.75) is 63.2 Å². The Balaban J connectivity index is 1.21. The van der Waals surface area contributed by atoms with Gasteiger partial charge in [0, 0.05) is 54.9 Å². The van der Waals surface area contributed by atoms with E-state index in [9.17, 15) is 13.6 Å². The summed E-state index contributed by atoms with van der Waals surface area (Å²) in [5.74, 6) is -1.55. The van der Waals surface area contributed by atoms with Crippen LogP contribution < -0.4 is 14.5 Å². The minimum atomic E-state index is -1.03. The Hall–Kier alpha value is -4.01. The van der Waals surface area contributed by atoms with Gasteiger partial charge in [0.05, 0.1) is 17.3 Å². The summed E-state index contributed by atoms with van der Waals surface area (Å²) >= 11 is 6.51. The Bertz CT molecular complexity index is 1750. The van der Waals surface area contributed by atoms with Crippen molar-refractivity contribution in [2.75, 3.05) is 55.7 Å². The number of benzene rings is 2. The molecule has 4 heterocycles. The van der Waals surface area contributed by atoms with Crippen LogP contribution in [0.3, 0.4) is 0 Å². The van der Waals surface area contributed by atoms with Gasteiger partial charge in [-0.2, -0.15) is 9.97 Å². The molecule has 1 aromatic heterocycles. The highest BCUT2D eigenvalue weighted by atomic mass is 35.5. The molecule has 2 atom stereocenters. The Morgan fingerprint density at radius 2 is 1.91 bits per heavy atom. The number of carbonyl (C=O) groups is 1. The molecule has 246 valence electrons. The molecule has 3 aromatic rings. The fourth-order valence-electron chi connectivity index (χ4n) is 7.61. The lowest BCUT2D eigenvalue weighted by Gasteiger charge is -2.41. The summed E-state index contributed by atoms with van der Waals surface area (Å²) < 4.78 is 34.9. The molecule has 12 heteroatoms. The van der Waals surface area contributed by atoms with Crippen molar-refractivity contribution in [3.05, 3.63) is 76.3 Å². The highest BCUT2D eigenvalue weighted by molar-refractivity contribution is 6.36. The molecule has 2 saturated heterocycles. The molecule has 47 heavy (non-hydrogen) atoms. The molecule has 3 aliphatic heterocycles. The third-order valence-electron chi connectivity index (χ3n) is 10.2. The van der Waals surface area contributed by atoms with E-state index in [0.717, 1.165) is 47.5 Å². The molecule has 9 nitrogen and oxygen atoms in total. The molecule has 2 aromatic carbocycles. The van der Waals surface area contributed by atoms with E-state index < -0.39 is 23.6 Å². The number of nitrogens with zero attached hydrogens (tertiary/aromatic N) is 7. The zero-order valence-corrected chi connectivity index (χ0v) is 27.1. The highest BCUT2D eigenvalue weighted by Crippen LogP contribution is 2.38. The number of fused-ring (bicyclic) bond motifs is 2. The summed E-state index contributed by atoms with van der Waals surface area (Å²) in [6, 6.07) is 9.68. The molecule has 4 aliphatic rings. The van der Waals surface area contributed by atoms with Gasteiger partial charge in [-0.15, -0.1) is 0 Å².